The fourth-order valence-electron chi connectivity index (χ4n) is 3.15. The van der Waals surface area contributed by atoms with Crippen molar-refractivity contribution >= 4 is 11.8 Å². The number of fused-ring (bicyclic) bond motifs is 1. The van der Waals surface area contributed by atoms with Crippen molar-refractivity contribution in [3.63, 3.8) is 0 Å². The first-order chi connectivity index (χ1) is 13.0. The van der Waals surface area contributed by atoms with Crippen LogP contribution in [0.25, 0.3) is 0 Å². The van der Waals surface area contributed by atoms with Crippen molar-refractivity contribution in [3.8, 4) is 11.5 Å². The van der Waals surface area contributed by atoms with Crippen molar-refractivity contribution in [1.29, 1.82) is 0 Å². The van der Waals surface area contributed by atoms with Gasteiger partial charge in [0, 0.05) is 31.1 Å². The number of carbonyl (C=O) groups is 2. The number of ether oxygens (including phenoxy) is 4. The Bertz CT molecular complexity index is 674. The minimum absolute atomic E-state index is 0.0495. The van der Waals surface area contributed by atoms with Crippen LogP contribution >= 0.6 is 0 Å². The molecule has 1 saturated heterocycles. The van der Waals surface area contributed by atoms with Gasteiger partial charge in [-0.3, -0.25) is 14.5 Å². The van der Waals surface area contributed by atoms with E-state index in [1.807, 2.05) is 0 Å². The molecule has 0 aliphatic carbocycles. The van der Waals surface area contributed by atoms with E-state index in [4.69, 9.17) is 18.9 Å². The molecule has 2 aliphatic rings. The molecule has 2 aliphatic heterocycles. The second-order valence-electron chi connectivity index (χ2n) is 7.05. The summed E-state index contributed by atoms with van der Waals surface area (Å²) in [5, 5.41) is 0. The summed E-state index contributed by atoms with van der Waals surface area (Å²) < 4.78 is 21.9. The molecule has 7 heteroatoms. The fraction of sp³-hybridized carbons (Fsp3) is 0.600. The van der Waals surface area contributed by atoms with E-state index in [0.717, 1.165) is 13.1 Å². The van der Waals surface area contributed by atoms with Gasteiger partial charge in [-0.05, 0) is 32.0 Å². The van der Waals surface area contributed by atoms with E-state index in [-0.39, 0.29) is 37.3 Å². The fourth-order valence-corrected chi connectivity index (χ4v) is 3.15. The number of ketones is 1. The standard InChI is InChI=1S/C20H27NO6/c1-14(2)21-7-8-24-16(12-21)13-27-20(23)6-4-17(22)15-3-5-18-19(11-15)26-10-9-25-18/h3,5,11,14,16H,4,6-10,12-13H2,1-2H3/t16-/m0/s1. The van der Waals surface area contributed by atoms with Crippen LogP contribution < -0.4 is 9.47 Å². The van der Waals surface area contributed by atoms with Gasteiger partial charge in [0.15, 0.2) is 17.3 Å². The summed E-state index contributed by atoms with van der Waals surface area (Å²) in [6, 6.07) is 5.52. The second-order valence-corrected chi connectivity index (χ2v) is 7.05. The molecular weight excluding hydrogens is 350 g/mol. The minimum Gasteiger partial charge on any atom is -0.486 e. The van der Waals surface area contributed by atoms with Crippen LogP contribution in [0.4, 0.5) is 0 Å². The van der Waals surface area contributed by atoms with Crippen molar-refractivity contribution < 1.29 is 28.5 Å². The molecule has 1 aromatic carbocycles. The molecule has 1 fully saturated rings. The molecule has 0 bridgehead atoms. The van der Waals surface area contributed by atoms with Crippen molar-refractivity contribution in [2.45, 2.75) is 38.8 Å². The van der Waals surface area contributed by atoms with Crippen LogP contribution in [0.2, 0.25) is 0 Å². The van der Waals surface area contributed by atoms with E-state index >= 15 is 0 Å². The number of benzene rings is 1. The zero-order valence-corrected chi connectivity index (χ0v) is 15.9. The van der Waals surface area contributed by atoms with Crippen LogP contribution in [0, 0.1) is 0 Å². The highest BCUT2D eigenvalue weighted by molar-refractivity contribution is 5.98. The molecule has 27 heavy (non-hydrogen) atoms. The quantitative estimate of drug-likeness (QED) is 0.532. The molecule has 0 spiro atoms. The zero-order chi connectivity index (χ0) is 19.2. The highest BCUT2D eigenvalue weighted by atomic mass is 16.6. The Labute approximate surface area is 159 Å². The van der Waals surface area contributed by atoms with Gasteiger partial charge in [0.25, 0.3) is 0 Å². The molecule has 0 radical (unpaired) electrons. The Morgan fingerprint density at radius 1 is 1.15 bits per heavy atom. The molecule has 0 unspecified atom stereocenters. The topological polar surface area (TPSA) is 74.3 Å². The molecule has 1 atom stereocenters. The number of hydrogen-bond donors (Lipinski definition) is 0. The van der Waals surface area contributed by atoms with Crippen LogP contribution in [0.5, 0.6) is 11.5 Å². The van der Waals surface area contributed by atoms with E-state index in [1.165, 1.54) is 0 Å². The number of rotatable bonds is 7. The third kappa shape index (κ3) is 5.43. The lowest BCUT2D eigenvalue weighted by atomic mass is 10.1. The maximum Gasteiger partial charge on any atom is 0.306 e. The number of Topliss-reactive ketones (excluding diaryl/α,β-unsaturated/α-hetero) is 1. The van der Waals surface area contributed by atoms with Crippen LogP contribution in [-0.2, 0) is 14.3 Å². The van der Waals surface area contributed by atoms with Crippen molar-refractivity contribution in [1.82, 2.24) is 4.90 Å². The Balaban J connectivity index is 1.42. The largest absolute Gasteiger partial charge is 0.486 e. The summed E-state index contributed by atoms with van der Waals surface area (Å²) in [7, 11) is 0. The first kappa shape index (κ1) is 19.6. The highest BCUT2D eigenvalue weighted by Gasteiger charge is 2.23. The van der Waals surface area contributed by atoms with Gasteiger partial charge in [0.2, 0.25) is 0 Å². The molecule has 3 rings (SSSR count). The van der Waals surface area contributed by atoms with E-state index in [0.29, 0.717) is 42.9 Å². The summed E-state index contributed by atoms with van der Waals surface area (Å²) in [5.41, 5.74) is 0.509. The predicted molar refractivity (Wildman–Crippen MR) is 98.4 cm³/mol. The number of morpholine rings is 1. The molecular formula is C20H27NO6. The lowest BCUT2D eigenvalue weighted by Gasteiger charge is -2.35. The summed E-state index contributed by atoms with van der Waals surface area (Å²) in [4.78, 5) is 26.6. The average molecular weight is 377 g/mol. The predicted octanol–water partition coefficient (Wildman–Crippen LogP) is 2.07. The van der Waals surface area contributed by atoms with Gasteiger partial charge >= 0.3 is 5.97 Å². The van der Waals surface area contributed by atoms with Gasteiger partial charge in [-0.15, -0.1) is 0 Å². The van der Waals surface area contributed by atoms with Gasteiger partial charge < -0.3 is 18.9 Å². The molecule has 0 aromatic heterocycles. The van der Waals surface area contributed by atoms with Crippen LogP contribution in [0.3, 0.4) is 0 Å². The molecule has 7 nitrogen and oxygen atoms in total. The van der Waals surface area contributed by atoms with Crippen LogP contribution in [-0.4, -0.2) is 68.3 Å². The summed E-state index contributed by atoms with van der Waals surface area (Å²) in [6.45, 7) is 7.76. The number of esters is 1. The van der Waals surface area contributed by atoms with Gasteiger partial charge in [-0.2, -0.15) is 0 Å². The Morgan fingerprint density at radius 2 is 1.93 bits per heavy atom. The van der Waals surface area contributed by atoms with E-state index in [2.05, 4.69) is 18.7 Å². The highest BCUT2D eigenvalue weighted by Crippen LogP contribution is 2.31. The third-order valence-electron chi connectivity index (χ3n) is 4.75. The summed E-state index contributed by atoms with van der Waals surface area (Å²) in [6.07, 6.45) is 0.0364. The monoisotopic (exact) mass is 377 g/mol. The summed E-state index contributed by atoms with van der Waals surface area (Å²) in [5.74, 6) is 0.703. The lowest BCUT2D eigenvalue weighted by Crippen LogP contribution is -2.47. The maximum absolute atomic E-state index is 12.3. The molecule has 0 amide bonds. The zero-order valence-electron chi connectivity index (χ0n) is 15.9. The Hall–Kier alpha value is -2.12. The van der Waals surface area contributed by atoms with Crippen molar-refractivity contribution in [3.05, 3.63) is 23.8 Å². The first-order valence-corrected chi connectivity index (χ1v) is 9.47. The lowest BCUT2D eigenvalue weighted by molar-refractivity contribution is -0.150. The molecule has 0 N–H and O–H groups in total. The van der Waals surface area contributed by atoms with E-state index in [9.17, 15) is 9.59 Å². The van der Waals surface area contributed by atoms with Gasteiger partial charge in [-0.25, -0.2) is 0 Å². The molecule has 2 heterocycles. The van der Waals surface area contributed by atoms with Crippen LogP contribution in [0.1, 0.15) is 37.0 Å². The SMILES string of the molecule is CC(C)N1CCO[C@H](COC(=O)CCC(=O)c2ccc3c(c2)OCCO3)C1. The minimum atomic E-state index is -0.383. The van der Waals surface area contributed by atoms with E-state index < -0.39 is 0 Å². The number of nitrogens with zero attached hydrogens (tertiary/aromatic N) is 1. The first-order valence-electron chi connectivity index (χ1n) is 9.47. The van der Waals surface area contributed by atoms with Crippen molar-refractivity contribution in [2.24, 2.45) is 0 Å². The number of carbonyl (C=O) groups excluding carboxylic acids is 2. The van der Waals surface area contributed by atoms with Gasteiger partial charge in [-0.1, -0.05) is 0 Å². The van der Waals surface area contributed by atoms with E-state index in [1.54, 1.807) is 18.2 Å². The maximum atomic E-state index is 12.3. The van der Waals surface area contributed by atoms with Gasteiger partial charge in [0.05, 0.1) is 13.0 Å². The summed E-state index contributed by atoms with van der Waals surface area (Å²) >= 11 is 0. The second kappa shape index (κ2) is 9.19. The third-order valence-corrected chi connectivity index (χ3v) is 4.75. The van der Waals surface area contributed by atoms with Crippen molar-refractivity contribution in [2.75, 3.05) is 39.5 Å². The normalized spacial score (nSPS) is 19.7. The molecule has 0 saturated carbocycles. The molecule has 148 valence electrons. The Morgan fingerprint density at radius 3 is 2.70 bits per heavy atom. The van der Waals surface area contributed by atoms with Gasteiger partial charge in [0.1, 0.15) is 25.9 Å². The average Bonchev–Trinajstić information content (AvgIpc) is 2.70. The number of hydrogen-bond acceptors (Lipinski definition) is 7. The Kier molecular flexibility index (Phi) is 6.68. The molecule has 1 aromatic rings. The van der Waals surface area contributed by atoms with Crippen LogP contribution in [0.15, 0.2) is 18.2 Å². The smallest absolute Gasteiger partial charge is 0.306 e.